The van der Waals surface area contributed by atoms with Crippen molar-refractivity contribution < 1.29 is 19.2 Å². The molecule has 0 N–H and O–H groups in total. The van der Waals surface area contributed by atoms with Crippen LogP contribution in [0, 0.1) is 0 Å². The summed E-state index contributed by atoms with van der Waals surface area (Å²) in [6, 6.07) is 7.14. The third kappa shape index (κ3) is 4.89. The van der Waals surface area contributed by atoms with Crippen molar-refractivity contribution in [1.82, 2.24) is 0 Å². The maximum absolute atomic E-state index is 11.4. The van der Waals surface area contributed by atoms with Gasteiger partial charge in [0.25, 0.3) is 0 Å². The first kappa shape index (κ1) is 16.0. The molecule has 7 heteroatoms. The zero-order chi connectivity index (χ0) is 15.0. The van der Waals surface area contributed by atoms with Crippen LogP contribution in [0.25, 0.3) is 0 Å². The molecular formula is C13H15ClN2O4. The average Bonchev–Trinajstić information content (AvgIpc) is 2.46. The Balaban J connectivity index is 2.66. The molecule has 0 amide bonds. The van der Waals surface area contributed by atoms with E-state index in [1.54, 1.807) is 19.1 Å². The molecule has 0 radical (unpaired) electrons. The van der Waals surface area contributed by atoms with E-state index in [2.05, 4.69) is 19.9 Å². The molecule has 0 aliphatic carbocycles. The molecule has 0 aliphatic heterocycles. The topological polar surface area (TPSA) is 69.5 Å². The molecule has 0 saturated heterocycles. The summed E-state index contributed by atoms with van der Waals surface area (Å²) in [5, 5.41) is 7.99. The maximum Gasteiger partial charge on any atom is 0.362 e. The predicted molar refractivity (Wildman–Crippen MR) is 75.8 cm³/mol. The standard InChI is InChI=1S/C13H15ClN2O4/c1-9(12(16-19-3)13(17)18-2)15-20-8-10-4-6-11(14)7-5-10/h4-7H,8H2,1-3H3. The summed E-state index contributed by atoms with van der Waals surface area (Å²) in [7, 11) is 2.57. The molecule has 0 aliphatic rings. The normalized spacial score (nSPS) is 12.0. The van der Waals surface area contributed by atoms with E-state index in [4.69, 9.17) is 16.4 Å². The van der Waals surface area contributed by atoms with Crippen molar-refractivity contribution in [2.45, 2.75) is 13.5 Å². The zero-order valence-corrected chi connectivity index (χ0v) is 12.2. The van der Waals surface area contributed by atoms with Gasteiger partial charge in [0.05, 0.1) is 7.11 Å². The highest BCUT2D eigenvalue weighted by Gasteiger charge is 2.17. The molecule has 0 saturated carbocycles. The van der Waals surface area contributed by atoms with E-state index in [1.165, 1.54) is 14.2 Å². The highest BCUT2D eigenvalue weighted by Crippen LogP contribution is 2.10. The number of oxime groups is 2. The molecule has 0 bridgehead atoms. The van der Waals surface area contributed by atoms with Crippen molar-refractivity contribution in [1.29, 1.82) is 0 Å². The third-order valence-corrected chi connectivity index (χ3v) is 2.50. The van der Waals surface area contributed by atoms with Gasteiger partial charge in [-0.15, -0.1) is 0 Å². The van der Waals surface area contributed by atoms with Gasteiger partial charge in [0.1, 0.15) is 19.4 Å². The molecular weight excluding hydrogens is 284 g/mol. The fourth-order valence-corrected chi connectivity index (χ4v) is 1.39. The van der Waals surface area contributed by atoms with Crippen molar-refractivity contribution in [2.75, 3.05) is 14.2 Å². The number of carbonyl (C=O) groups is 1. The largest absolute Gasteiger partial charge is 0.464 e. The zero-order valence-electron chi connectivity index (χ0n) is 11.4. The lowest BCUT2D eigenvalue weighted by Crippen LogP contribution is -2.24. The molecule has 20 heavy (non-hydrogen) atoms. The van der Waals surface area contributed by atoms with E-state index in [9.17, 15) is 4.79 Å². The van der Waals surface area contributed by atoms with E-state index in [1.807, 2.05) is 12.1 Å². The van der Waals surface area contributed by atoms with Gasteiger partial charge in [-0.05, 0) is 24.6 Å². The molecule has 0 fully saturated rings. The van der Waals surface area contributed by atoms with Crippen LogP contribution in [0.4, 0.5) is 0 Å². The maximum atomic E-state index is 11.4. The second kappa shape index (κ2) is 8.16. The van der Waals surface area contributed by atoms with E-state index in [0.29, 0.717) is 5.02 Å². The van der Waals surface area contributed by atoms with E-state index in [0.717, 1.165) is 5.56 Å². The van der Waals surface area contributed by atoms with Crippen molar-refractivity contribution >= 4 is 29.0 Å². The van der Waals surface area contributed by atoms with Gasteiger partial charge in [0, 0.05) is 5.02 Å². The summed E-state index contributed by atoms with van der Waals surface area (Å²) >= 11 is 5.77. The predicted octanol–water partition coefficient (Wildman–Crippen LogP) is 2.41. The first-order chi connectivity index (χ1) is 9.58. The fraction of sp³-hybridized carbons (Fsp3) is 0.308. The molecule has 0 atom stereocenters. The van der Waals surface area contributed by atoms with Crippen LogP contribution in [-0.2, 0) is 25.8 Å². The van der Waals surface area contributed by atoms with Crippen LogP contribution in [0.1, 0.15) is 12.5 Å². The first-order valence-corrected chi connectivity index (χ1v) is 6.07. The Morgan fingerprint density at radius 2 is 1.85 bits per heavy atom. The van der Waals surface area contributed by atoms with Gasteiger partial charge in [-0.3, -0.25) is 0 Å². The smallest absolute Gasteiger partial charge is 0.362 e. The lowest BCUT2D eigenvalue weighted by Gasteiger charge is -2.04. The number of nitrogens with zero attached hydrogens (tertiary/aromatic N) is 2. The lowest BCUT2D eigenvalue weighted by molar-refractivity contribution is -0.132. The number of hydrogen-bond acceptors (Lipinski definition) is 6. The summed E-state index contributed by atoms with van der Waals surface area (Å²) < 4.78 is 4.56. The molecule has 0 unspecified atom stereocenters. The molecule has 6 nitrogen and oxygen atoms in total. The van der Waals surface area contributed by atoms with Crippen LogP contribution >= 0.6 is 11.6 Å². The fourth-order valence-electron chi connectivity index (χ4n) is 1.27. The SMILES string of the molecule is CON=C(C(=O)OC)C(C)=NOCc1ccc(Cl)cc1. The van der Waals surface area contributed by atoms with E-state index >= 15 is 0 Å². The Hall–Kier alpha value is -2.08. The highest BCUT2D eigenvalue weighted by atomic mass is 35.5. The van der Waals surface area contributed by atoms with Gasteiger partial charge in [-0.2, -0.15) is 0 Å². The van der Waals surface area contributed by atoms with Crippen molar-refractivity contribution in [3.05, 3.63) is 34.9 Å². The Kier molecular flexibility index (Phi) is 6.52. The van der Waals surface area contributed by atoms with Crippen LogP contribution < -0.4 is 0 Å². The minimum atomic E-state index is -0.650. The summed E-state index contributed by atoms with van der Waals surface area (Å²) in [5.41, 5.74) is 1.10. The van der Waals surface area contributed by atoms with Gasteiger partial charge in [-0.25, -0.2) is 4.79 Å². The van der Waals surface area contributed by atoms with Crippen LogP contribution in [-0.4, -0.2) is 31.6 Å². The number of carbonyl (C=O) groups excluding carboxylic acids is 1. The molecule has 0 spiro atoms. The first-order valence-electron chi connectivity index (χ1n) is 5.69. The summed E-state index contributed by atoms with van der Waals surface area (Å²) in [5.74, 6) is -0.650. The Morgan fingerprint density at radius 1 is 1.20 bits per heavy atom. The van der Waals surface area contributed by atoms with E-state index in [-0.39, 0.29) is 18.0 Å². The number of methoxy groups -OCH3 is 1. The minimum absolute atomic E-state index is 0.0499. The summed E-state index contributed by atoms with van der Waals surface area (Å²) in [6.07, 6.45) is 0. The second-order valence-electron chi connectivity index (χ2n) is 3.69. The molecule has 0 aromatic heterocycles. The monoisotopic (exact) mass is 298 g/mol. The lowest BCUT2D eigenvalue weighted by atomic mass is 10.2. The van der Waals surface area contributed by atoms with Gasteiger partial charge < -0.3 is 14.4 Å². The third-order valence-electron chi connectivity index (χ3n) is 2.25. The Bertz CT molecular complexity index is 512. The molecule has 1 aromatic rings. The number of halogens is 1. The Labute approximate surface area is 121 Å². The van der Waals surface area contributed by atoms with Crippen molar-refractivity contribution in [3.63, 3.8) is 0 Å². The molecule has 1 aromatic carbocycles. The number of esters is 1. The Morgan fingerprint density at radius 3 is 2.40 bits per heavy atom. The van der Waals surface area contributed by atoms with Gasteiger partial charge >= 0.3 is 5.97 Å². The second-order valence-corrected chi connectivity index (χ2v) is 4.13. The quantitative estimate of drug-likeness (QED) is 0.459. The van der Waals surface area contributed by atoms with Crippen molar-refractivity contribution in [2.24, 2.45) is 10.3 Å². The minimum Gasteiger partial charge on any atom is -0.464 e. The number of benzene rings is 1. The summed E-state index contributed by atoms with van der Waals surface area (Å²) in [4.78, 5) is 21.1. The number of rotatable bonds is 6. The van der Waals surface area contributed by atoms with Gasteiger partial charge in [0.2, 0.25) is 5.71 Å². The van der Waals surface area contributed by atoms with Crippen LogP contribution in [0.5, 0.6) is 0 Å². The molecule has 0 heterocycles. The molecule has 108 valence electrons. The van der Waals surface area contributed by atoms with E-state index < -0.39 is 5.97 Å². The number of ether oxygens (including phenoxy) is 1. The molecule has 1 rings (SSSR count). The average molecular weight is 299 g/mol. The van der Waals surface area contributed by atoms with Crippen molar-refractivity contribution in [3.8, 4) is 0 Å². The van der Waals surface area contributed by atoms with Gasteiger partial charge in [0.15, 0.2) is 0 Å². The van der Waals surface area contributed by atoms with Gasteiger partial charge in [-0.1, -0.05) is 34.0 Å². The summed E-state index contributed by atoms with van der Waals surface area (Å²) in [6.45, 7) is 1.81. The number of hydrogen-bond donors (Lipinski definition) is 0. The van der Waals surface area contributed by atoms with Crippen LogP contribution in [0.2, 0.25) is 5.02 Å². The van der Waals surface area contributed by atoms with Crippen LogP contribution in [0.15, 0.2) is 34.6 Å². The van der Waals surface area contributed by atoms with Crippen LogP contribution in [0.3, 0.4) is 0 Å². The highest BCUT2D eigenvalue weighted by molar-refractivity contribution is 6.65.